The smallest absolute Gasteiger partial charge is 0.182 e. The fraction of sp³-hybridized carbons (Fsp3) is 0.800. The maximum Gasteiger partial charge on any atom is 0.182 e. The minimum Gasteiger partial charge on any atom is -0.379 e. The number of ketones is 2. The third-order valence-corrected chi connectivity index (χ3v) is 6.52. The summed E-state index contributed by atoms with van der Waals surface area (Å²) in [5.41, 5.74) is 0.630. The number of hydrogen-bond acceptors (Lipinski definition) is 8. The van der Waals surface area contributed by atoms with Crippen LogP contribution < -0.4 is 0 Å². The number of allylic oxidation sites excluding steroid dienone is 4. The Morgan fingerprint density at radius 3 is 1.34 bits per heavy atom. The second-order valence-electron chi connectivity index (χ2n) is 9.55. The fourth-order valence-electron chi connectivity index (χ4n) is 3.98. The lowest BCUT2D eigenvalue weighted by Gasteiger charge is -2.08. The number of carbonyl (C=O) groups is 2. The van der Waals surface area contributed by atoms with Gasteiger partial charge in [0.25, 0.3) is 0 Å². The van der Waals surface area contributed by atoms with Gasteiger partial charge in [0.05, 0.1) is 52.9 Å². The standard InChI is InChI=1S/C30H52O7S/c31-29-14-15-30(32)28(27-29)13-9-5-7-11-17-34-19-21-36-23-25-37-24-22-35-20-18-33-16-10-6-3-1-2-4-8-12-26-38/h14-15,27,38H,1-13,16-26H2. The maximum atomic E-state index is 11.7. The molecule has 8 heteroatoms. The third kappa shape index (κ3) is 22.9. The van der Waals surface area contributed by atoms with Crippen LogP contribution in [0.25, 0.3) is 0 Å². The number of thiol groups is 1. The van der Waals surface area contributed by atoms with Crippen molar-refractivity contribution in [1.82, 2.24) is 0 Å². The zero-order valence-electron chi connectivity index (χ0n) is 23.5. The fourth-order valence-corrected chi connectivity index (χ4v) is 4.21. The second-order valence-corrected chi connectivity index (χ2v) is 9.99. The highest BCUT2D eigenvalue weighted by Gasteiger charge is 2.12. The van der Waals surface area contributed by atoms with Crippen molar-refractivity contribution in [2.45, 2.75) is 83.5 Å². The molecule has 1 aliphatic carbocycles. The SMILES string of the molecule is O=C1C=CC(=O)C(CCCCCCOCCOCCOCCOCCOCCCCCCCCCCS)=C1. The van der Waals surface area contributed by atoms with Gasteiger partial charge in [-0.3, -0.25) is 9.59 Å². The minimum atomic E-state index is -0.0923. The number of unbranched alkanes of at least 4 members (excludes halogenated alkanes) is 10. The van der Waals surface area contributed by atoms with Crippen LogP contribution in [0.4, 0.5) is 0 Å². The molecule has 220 valence electrons. The van der Waals surface area contributed by atoms with Crippen LogP contribution in [-0.4, -0.2) is 83.4 Å². The number of carbonyl (C=O) groups excluding carboxylic acids is 2. The molecule has 0 aliphatic heterocycles. The molecule has 0 aromatic carbocycles. The molecule has 0 N–H and O–H groups in total. The van der Waals surface area contributed by atoms with E-state index in [0.717, 1.165) is 44.5 Å². The van der Waals surface area contributed by atoms with Gasteiger partial charge in [0.1, 0.15) is 0 Å². The molecule has 0 atom stereocenters. The predicted molar refractivity (Wildman–Crippen MR) is 155 cm³/mol. The summed E-state index contributed by atoms with van der Waals surface area (Å²) >= 11 is 4.24. The van der Waals surface area contributed by atoms with Gasteiger partial charge in [0.2, 0.25) is 0 Å². The molecule has 0 unspecified atom stereocenters. The molecule has 0 spiro atoms. The molecule has 0 heterocycles. The van der Waals surface area contributed by atoms with E-state index in [-0.39, 0.29) is 11.6 Å². The molecular weight excluding hydrogens is 504 g/mol. The van der Waals surface area contributed by atoms with E-state index in [1.807, 2.05) is 0 Å². The van der Waals surface area contributed by atoms with E-state index in [4.69, 9.17) is 23.7 Å². The molecule has 1 rings (SSSR count). The van der Waals surface area contributed by atoms with Crippen molar-refractivity contribution in [3.63, 3.8) is 0 Å². The summed E-state index contributed by atoms with van der Waals surface area (Å²) in [6.07, 6.45) is 19.1. The molecule has 0 bridgehead atoms. The molecule has 38 heavy (non-hydrogen) atoms. The Bertz CT molecular complexity index is 636. The Balaban J connectivity index is 1.67. The first-order valence-corrected chi connectivity index (χ1v) is 15.3. The normalized spacial score (nSPS) is 13.4. The molecule has 1 aliphatic rings. The van der Waals surface area contributed by atoms with Crippen LogP contribution in [0, 0.1) is 0 Å². The number of hydrogen-bond donors (Lipinski definition) is 1. The van der Waals surface area contributed by atoms with Crippen molar-refractivity contribution in [2.24, 2.45) is 0 Å². The van der Waals surface area contributed by atoms with E-state index >= 15 is 0 Å². The Hall–Kier alpha value is -1.03. The van der Waals surface area contributed by atoms with Gasteiger partial charge in [-0.1, -0.05) is 51.4 Å². The first kappa shape index (κ1) is 35.0. The van der Waals surface area contributed by atoms with Gasteiger partial charge in [-0.05, 0) is 56.1 Å². The average Bonchev–Trinajstić information content (AvgIpc) is 2.92. The van der Waals surface area contributed by atoms with Gasteiger partial charge in [-0.15, -0.1) is 0 Å². The summed E-state index contributed by atoms with van der Waals surface area (Å²) in [5, 5.41) is 0. The van der Waals surface area contributed by atoms with Gasteiger partial charge in [0, 0.05) is 18.8 Å². The van der Waals surface area contributed by atoms with E-state index in [2.05, 4.69) is 12.6 Å². The van der Waals surface area contributed by atoms with E-state index < -0.39 is 0 Å². The molecule has 7 nitrogen and oxygen atoms in total. The highest BCUT2D eigenvalue weighted by Crippen LogP contribution is 2.15. The lowest BCUT2D eigenvalue weighted by Crippen LogP contribution is -2.13. The minimum absolute atomic E-state index is 0.0366. The Kier molecular flexibility index (Phi) is 25.4. The Morgan fingerprint density at radius 2 is 0.868 bits per heavy atom. The second kappa shape index (κ2) is 27.5. The van der Waals surface area contributed by atoms with E-state index in [1.54, 1.807) is 0 Å². The summed E-state index contributed by atoms with van der Waals surface area (Å²) in [6, 6.07) is 0. The highest BCUT2D eigenvalue weighted by molar-refractivity contribution is 7.80. The van der Waals surface area contributed by atoms with Gasteiger partial charge in [-0.2, -0.15) is 12.6 Å². The average molecular weight is 557 g/mol. The quantitative estimate of drug-likeness (QED) is 0.0719. The first-order valence-electron chi connectivity index (χ1n) is 14.7. The highest BCUT2D eigenvalue weighted by atomic mass is 32.1. The summed E-state index contributed by atoms with van der Waals surface area (Å²) < 4.78 is 27.7. The van der Waals surface area contributed by atoms with Crippen LogP contribution in [-0.2, 0) is 33.3 Å². The number of ether oxygens (including phenoxy) is 5. The topological polar surface area (TPSA) is 80.3 Å². The van der Waals surface area contributed by atoms with Crippen molar-refractivity contribution >= 4 is 24.2 Å². The molecule has 0 fully saturated rings. The van der Waals surface area contributed by atoms with Crippen molar-refractivity contribution in [1.29, 1.82) is 0 Å². The maximum absolute atomic E-state index is 11.7. The van der Waals surface area contributed by atoms with Crippen molar-refractivity contribution in [3.8, 4) is 0 Å². The molecule has 0 aromatic rings. The van der Waals surface area contributed by atoms with Crippen molar-refractivity contribution in [3.05, 3.63) is 23.8 Å². The van der Waals surface area contributed by atoms with Crippen molar-refractivity contribution in [2.75, 3.05) is 71.8 Å². The third-order valence-electron chi connectivity index (χ3n) is 6.20. The summed E-state index contributed by atoms with van der Waals surface area (Å²) in [4.78, 5) is 23.0. The van der Waals surface area contributed by atoms with Gasteiger partial charge in [0.15, 0.2) is 11.6 Å². The summed E-state index contributed by atoms with van der Waals surface area (Å²) in [5.74, 6) is 0.886. The van der Waals surface area contributed by atoms with Crippen LogP contribution in [0.5, 0.6) is 0 Å². The van der Waals surface area contributed by atoms with E-state index in [9.17, 15) is 9.59 Å². The molecule has 0 aromatic heterocycles. The van der Waals surface area contributed by atoms with E-state index in [1.165, 1.54) is 63.2 Å². The zero-order valence-corrected chi connectivity index (χ0v) is 24.4. The monoisotopic (exact) mass is 556 g/mol. The van der Waals surface area contributed by atoms with Gasteiger partial charge in [-0.25, -0.2) is 0 Å². The largest absolute Gasteiger partial charge is 0.379 e. The Labute approximate surface area is 236 Å². The van der Waals surface area contributed by atoms with Gasteiger partial charge < -0.3 is 23.7 Å². The van der Waals surface area contributed by atoms with E-state index in [0.29, 0.717) is 71.5 Å². The molecule has 0 saturated heterocycles. The molecule has 0 saturated carbocycles. The van der Waals surface area contributed by atoms with Crippen molar-refractivity contribution < 1.29 is 33.3 Å². The predicted octanol–water partition coefficient (Wildman–Crippen LogP) is 5.70. The van der Waals surface area contributed by atoms with Crippen LogP contribution >= 0.6 is 12.6 Å². The number of rotatable bonds is 29. The molecule has 0 radical (unpaired) electrons. The lowest BCUT2D eigenvalue weighted by atomic mass is 9.98. The lowest BCUT2D eigenvalue weighted by molar-refractivity contribution is -0.114. The molecular formula is C30H52O7S. The van der Waals surface area contributed by atoms with Crippen LogP contribution in [0.15, 0.2) is 23.8 Å². The zero-order chi connectivity index (χ0) is 27.4. The first-order chi connectivity index (χ1) is 18.7. The summed E-state index contributed by atoms with van der Waals surface area (Å²) in [7, 11) is 0. The van der Waals surface area contributed by atoms with Gasteiger partial charge >= 0.3 is 0 Å². The van der Waals surface area contributed by atoms with Crippen LogP contribution in [0.3, 0.4) is 0 Å². The summed E-state index contributed by atoms with van der Waals surface area (Å²) in [6.45, 7) is 6.16. The molecule has 0 amide bonds. The van der Waals surface area contributed by atoms with Crippen LogP contribution in [0.1, 0.15) is 83.5 Å². The van der Waals surface area contributed by atoms with Crippen LogP contribution in [0.2, 0.25) is 0 Å². The Morgan fingerprint density at radius 1 is 0.474 bits per heavy atom.